The van der Waals surface area contributed by atoms with Gasteiger partial charge in [0.05, 0.1) is 7.11 Å². The van der Waals surface area contributed by atoms with E-state index >= 15 is 0 Å². The van der Waals surface area contributed by atoms with Gasteiger partial charge in [0.25, 0.3) is 5.91 Å². The van der Waals surface area contributed by atoms with Crippen LogP contribution in [0.25, 0.3) is 0 Å². The topological polar surface area (TPSA) is 29.5 Å². The average molecular weight is 367 g/mol. The van der Waals surface area contributed by atoms with Crippen LogP contribution in [0, 0.1) is 19.7 Å². The highest BCUT2D eigenvalue weighted by Crippen LogP contribution is 2.44. The lowest BCUT2D eigenvalue weighted by Crippen LogP contribution is -2.46. The fourth-order valence-electron chi connectivity index (χ4n) is 5.06. The fraction of sp³-hybridized carbons (Fsp3) is 0.435. The molecule has 0 N–H and O–H groups in total. The van der Waals surface area contributed by atoms with Crippen LogP contribution in [0.3, 0.4) is 0 Å². The summed E-state index contributed by atoms with van der Waals surface area (Å²) in [5.74, 6) is 1.20. The molecule has 2 heterocycles. The predicted octanol–water partition coefficient (Wildman–Crippen LogP) is 5.00. The summed E-state index contributed by atoms with van der Waals surface area (Å²) >= 11 is 0. The number of hydrogen-bond donors (Lipinski definition) is 0. The molecule has 2 aromatic rings. The van der Waals surface area contributed by atoms with Crippen LogP contribution in [0.1, 0.15) is 58.6 Å². The summed E-state index contributed by atoms with van der Waals surface area (Å²) in [4.78, 5) is 15.4. The number of benzene rings is 2. The maximum absolute atomic E-state index is 13.3. The Hall–Kier alpha value is -2.36. The summed E-state index contributed by atoms with van der Waals surface area (Å²) < 4.78 is 18.7. The zero-order valence-electron chi connectivity index (χ0n) is 16.2. The minimum atomic E-state index is -0.195. The molecule has 4 rings (SSSR count). The minimum Gasteiger partial charge on any atom is -0.496 e. The molecular weight excluding hydrogens is 341 g/mol. The summed E-state index contributed by atoms with van der Waals surface area (Å²) in [6.07, 6.45) is 4.04. The first-order chi connectivity index (χ1) is 13.0. The SMILES string of the molecule is COc1c(C)cc(C(=O)N2[C@@H]3CC[C@H]2CC(c2ccc(F)cc2)C3)cc1C. The number of aryl methyl sites for hydroxylation is 2. The first-order valence-corrected chi connectivity index (χ1v) is 9.71. The molecule has 2 saturated heterocycles. The second-order valence-electron chi connectivity index (χ2n) is 7.96. The van der Waals surface area contributed by atoms with Gasteiger partial charge in [-0.05, 0) is 86.4 Å². The molecule has 2 aliphatic heterocycles. The van der Waals surface area contributed by atoms with Gasteiger partial charge in [0.15, 0.2) is 0 Å². The van der Waals surface area contributed by atoms with E-state index in [0.29, 0.717) is 5.92 Å². The average Bonchev–Trinajstić information content (AvgIpc) is 2.91. The van der Waals surface area contributed by atoms with E-state index in [1.807, 2.05) is 38.1 Å². The van der Waals surface area contributed by atoms with Crippen molar-refractivity contribution in [3.8, 4) is 5.75 Å². The Balaban J connectivity index is 1.56. The molecule has 1 amide bonds. The molecule has 2 bridgehead atoms. The van der Waals surface area contributed by atoms with Gasteiger partial charge >= 0.3 is 0 Å². The molecule has 2 aromatic carbocycles. The van der Waals surface area contributed by atoms with Gasteiger partial charge in [-0.2, -0.15) is 0 Å². The van der Waals surface area contributed by atoms with Crippen LogP contribution in [0.4, 0.5) is 4.39 Å². The zero-order valence-corrected chi connectivity index (χ0v) is 16.2. The normalized spacial score (nSPS) is 24.1. The molecule has 0 spiro atoms. The Labute approximate surface area is 160 Å². The molecule has 1 unspecified atom stereocenters. The lowest BCUT2D eigenvalue weighted by molar-refractivity contribution is 0.0571. The molecule has 0 saturated carbocycles. The molecule has 2 aliphatic rings. The van der Waals surface area contributed by atoms with Gasteiger partial charge in [-0.1, -0.05) is 12.1 Å². The van der Waals surface area contributed by atoms with E-state index in [1.165, 1.54) is 17.7 Å². The largest absolute Gasteiger partial charge is 0.496 e. The van der Waals surface area contributed by atoms with Crippen molar-refractivity contribution in [2.45, 2.75) is 57.5 Å². The lowest BCUT2D eigenvalue weighted by atomic mass is 9.84. The summed E-state index contributed by atoms with van der Waals surface area (Å²) in [5.41, 5.74) is 3.93. The van der Waals surface area contributed by atoms with E-state index in [0.717, 1.165) is 48.1 Å². The monoisotopic (exact) mass is 367 g/mol. The van der Waals surface area contributed by atoms with Gasteiger partial charge < -0.3 is 9.64 Å². The van der Waals surface area contributed by atoms with Gasteiger partial charge in [0.1, 0.15) is 11.6 Å². The van der Waals surface area contributed by atoms with E-state index in [9.17, 15) is 9.18 Å². The van der Waals surface area contributed by atoms with Crippen molar-refractivity contribution in [3.05, 3.63) is 64.5 Å². The molecule has 27 heavy (non-hydrogen) atoms. The Morgan fingerprint density at radius 2 is 1.59 bits per heavy atom. The molecule has 0 aliphatic carbocycles. The molecular formula is C23H26FNO2. The van der Waals surface area contributed by atoms with E-state index in [4.69, 9.17) is 4.74 Å². The maximum atomic E-state index is 13.3. The number of carbonyl (C=O) groups is 1. The molecule has 4 heteroatoms. The van der Waals surface area contributed by atoms with E-state index in [1.54, 1.807) is 7.11 Å². The quantitative estimate of drug-likeness (QED) is 0.764. The van der Waals surface area contributed by atoms with E-state index in [-0.39, 0.29) is 23.8 Å². The van der Waals surface area contributed by atoms with Crippen molar-refractivity contribution in [2.75, 3.05) is 7.11 Å². The van der Waals surface area contributed by atoms with E-state index in [2.05, 4.69) is 4.90 Å². The molecule has 142 valence electrons. The maximum Gasteiger partial charge on any atom is 0.254 e. The highest BCUT2D eigenvalue weighted by Gasteiger charge is 2.43. The van der Waals surface area contributed by atoms with E-state index < -0.39 is 0 Å². The number of methoxy groups -OCH3 is 1. The van der Waals surface area contributed by atoms with Crippen LogP contribution in [0.2, 0.25) is 0 Å². The third-order valence-corrected chi connectivity index (χ3v) is 6.22. The predicted molar refractivity (Wildman–Crippen MR) is 104 cm³/mol. The van der Waals surface area contributed by atoms with Crippen molar-refractivity contribution in [3.63, 3.8) is 0 Å². The van der Waals surface area contributed by atoms with Crippen LogP contribution >= 0.6 is 0 Å². The number of rotatable bonds is 3. The number of ether oxygens (including phenoxy) is 1. The van der Waals surface area contributed by atoms with Gasteiger partial charge in [0, 0.05) is 17.6 Å². The van der Waals surface area contributed by atoms with Gasteiger partial charge in [-0.15, -0.1) is 0 Å². The van der Waals surface area contributed by atoms with Crippen LogP contribution < -0.4 is 4.74 Å². The standard InChI is InChI=1S/C23H26FNO2/c1-14-10-18(11-15(2)22(14)27-3)23(26)25-20-8-9-21(25)13-17(12-20)16-4-6-19(24)7-5-16/h4-7,10-11,17,20-21H,8-9,12-13H2,1-3H3/t17?,20-,21+. The third-order valence-electron chi connectivity index (χ3n) is 6.22. The van der Waals surface area contributed by atoms with Crippen LogP contribution in [-0.4, -0.2) is 30.0 Å². The number of hydrogen-bond acceptors (Lipinski definition) is 2. The minimum absolute atomic E-state index is 0.133. The molecule has 3 atom stereocenters. The number of carbonyl (C=O) groups excluding carboxylic acids is 1. The van der Waals surface area contributed by atoms with Crippen LogP contribution in [0.5, 0.6) is 5.75 Å². The van der Waals surface area contributed by atoms with Crippen LogP contribution in [0.15, 0.2) is 36.4 Å². The highest BCUT2D eigenvalue weighted by atomic mass is 19.1. The zero-order chi connectivity index (χ0) is 19.1. The summed E-state index contributed by atoms with van der Waals surface area (Å²) in [6.45, 7) is 3.97. The van der Waals surface area contributed by atoms with Crippen molar-refractivity contribution < 1.29 is 13.9 Å². The number of amides is 1. The number of fused-ring (bicyclic) bond motifs is 2. The number of piperidine rings is 1. The van der Waals surface area contributed by atoms with Crippen molar-refractivity contribution >= 4 is 5.91 Å². The van der Waals surface area contributed by atoms with Gasteiger partial charge in [-0.3, -0.25) is 4.79 Å². The second kappa shape index (κ2) is 6.99. The Morgan fingerprint density at radius 1 is 1.04 bits per heavy atom. The van der Waals surface area contributed by atoms with Crippen LogP contribution in [-0.2, 0) is 0 Å². The summed E-state index contributed by atoms with van der Waals surface area (Å²) in [6, 6.07) is 11.3. The highest BCUT2D eigenvalue weighted by molar-refractivity contribution is 5.95. The summed E-state index contributed by atoms with van der Waals surface area (Å²) in [7, 11) is 1.66. The molecule has 0 aromatic heterocycles. The number of halogens is 1. The first-order valence-electron chi connectivity index (χ1n) is 9.71. The second-order valence-corrected chi connectivity index (χ2v) is 7.96. The van der Waals surface area contributed by atoms with Gasteiger partial charge in [-0.25, -0.2) is 4.39 Å². The molecule has 2 fully saturated rings. The fourth-order valence-corrected chi connectivity index (χ4v) is 5.06. The Morgan fingerprint density at radius 3 is 2.11 bits per heavy atom. The van der Waals surface area contributed by atoms with Crippen molar-refractivity contribution in [1.82, 2.24) is 4.90 Å². The van der Waals surface area contributed by atoms with Gasteiger partial charge in [0.2, 0.25) is 0 Å². The Kier molecular flexibility index (Phi) is 4.67. The first kappa shape index (κ1) is 18.0. The Bertz CT molecular complexity index is 824. The molecule has 3 nitrogen and oxygen atoms in total. The number of nitrogens with zero attached hydrogens (tertiary/aromatic N) is 1. The van der Waals surface area contributed by atoms with Crippen molar-refractivity contribution in [1.29, 1.82) is 0 Å². The molecule has 0 radical (unpaired) electrons. The van der Waals surface area contributed by atoms with Crippen molar-refractivity contribution in [2.24, 2.45) is 0 Å². The summed E-state index contributed by atoms with van der Waals surface area (Å²) in [5, 5.41) is 0. The lowest BCUT2D eigenvalue weighted by Gasteiger charge is -2.39. The third kappa shape index (κ3) is 3.22. The smallest absolute Gasteiger partial charge is 0.254 e.